The zero-order valence-electron chi connectivity index (χ0n) is 15.8. The van der Waals surface area contributed by atoms with E-state index in [0.717, 1.165) is 38.0 Å². The fourth-order valence-corrected chi connectivity index (χ4v) is 4.01. The van der Waals surface area contributed by atoms with Crippen LogP contribution in [0.5, 0.6) is 5.75 Å². The largest absolute Gasteiger partial charge is 0.490 e. The molecule has 1 aliphatic heterocycles. The van der Waals surface area contributed by atoms with E-state index in [1.165, 1.54) is 31.4 Å². The van der Waals surface area contributed by atoms with Crippen molar-refractivity contribution in [3.8, 4) is 5.75 Å². The van der Waals surface area contributed by atoms with Gasteiger partial charge in [-0.15, -0.1) is 24.2 Å². The minimum atomic E-state index is -0.448. The highest BCUT2D eigenvalue weighted by Crippen LogP contribution is 2.29. The summed E-state index contributed by atoms with van der Waals surface area (Å²) in [4.78, 5) is 24.9. The van der Waals surface area contributed by atoms with Gasteiger partial charge in [0.25, 0.3) is 0 Å². The molecule has 1 saturated heterocycles. The molecule has 1 N–H and O–H groups in total. The molecule has 1 aromatic carbocycles. The van der Waals surface area contributed by atoms with Gasteiger partial charge in [0.15, 0.2) is 5.75 Å². The van der Waals surface area contributed by atoms with Gasteiger partial charge in [-0.25, -0.2) is 0 Å². The molecule has 0 saturated carbocycles. The summed E-state index contributed by atoms with van der Waals surface area (Å²) in [6, 6.07) is 4.92. The number of nitro groups is 1. The van der Waals surface area contributed by atoms with Crippen molar-refractivity contribution in [1.29, 1.82) is 0 Å². The van der Waals surface area contributed by atoms with Crippen molar-refractivity contribution in [3.63, 3.8) is 0 Å². The average Bonchev–Trinajstić information content (AvgIpc) is 2.66. The van der Waals surface area contributed by atoms with Crippen LogP contribution in [0.2, 0.25) is 0 Å². The highest BCUT2D eigenvalue weighted by Gasteiger charge is 2.22. The van der Waals surface area contributed by atoms with Crippen LogP contribution in [-0.2, 0) is 10.5 Å². The molecule has 0 aliphatic carbocycles. The van der Waals surface area contributed by atoms with Crippen LogP contribution in [0, 0.1) is 16.0 Å². The lowest BCUT2D eigenvalue weighted by atomic mass is 9.93. The van der Waals surface area contributed by atoms with Gasteiger partial charge in [0.05, 0.1) is 17.8 Å². The molecule has 9 heteroatoms. The fourth-order valence-electron chi connectivity index (χ4n) is 3.14. The Morgan fingerprint density at radius 2 is 2.11 bits per heavy atom. The number of rotatable bonds is 9. The predicted molar refractivity (Wildman–Crippen MR) is 111 cm³/mol. The number of carbonyl (C=O) groups excluding carboxylic acids is 1. The predicted octanol–water partition coefficient (Wildman–Crippen LogP) is 3.11. The summed E-state index contributed by atoms with van der Waals surface area (Å²) >= 11 is 1.49. The summed E-state index contributed by atoms with van der Waals surface area (Å²) in [5.74, 6) is 2.08. The number of piperidine rings is 1. The van der Waals surface area contributed by atoms with Crippen molar-refractivity contribution in [3.05, 3.63) is 33.9 Å². The molecule has 27 heavy (non-hydrogen) atoms. The van der Waals surface area contributed by atoms with Crippen molar-refractivity contribution in [2.45, 2.75) is 25.0 Å². The molecule has 0 unspecified atom stereocenters. The molecule has 0 spiro atoms. The first-order valence-corrected chi connectivity index (χ1v) is 10.0. The smallest absolute Gasteiger partial charge is 0.311 e. The number of carbonyl (C=O) groups is 1. The summed E-state index contributed by atoms with van der Waals surface area (Å²) in [5, 5.41) is 14.2. The van der Waals surface area contributed by atoms with Gasteiger partial charge >= 0.3 is 5.69 Å². The number of nitrogens with one attached hydrogen (secondary N) is 1. The lowest BCUT2D eigenvalue weighted by Crippen LogP contribution is -2.39. The Hall–Kier alpha value is -1.51. The molecule has 1 heterocycles. The maximum absolute atomic E-state index is 12.3. The molecule has 0 aromatic heterocycles. The third kappa shape index (κ3) is 7.20. The third-order valence-electron chi connectivity index (χ3n) is 4.70. The highest BCUT2D eigenvalue weighted by atomic mass is 35.5. The molecule has 0 radical (unpaired) electrons. The van der Waals surface area contributed by atoms with Crippen molar-refractivity contribution in [2.75, 3.05) is 39.5 Å². The number of ether oxygens (including phenoxy) is 1. The summed E-state index contributed by atoms with van der Waals surface area (Å²) in [5.41, 5.74) is 0.779. The number of likely N-dealkylation sites (tertiary alicyclic amines) is 1. The van der Waals surface area contributed by atoms with Crippen LogP contribution in [-0.4, -0.2) is 55.3 Å². The average molecular weight is 418 g/mol. The first-order valence-electron chi connectivity index (χ1n) is 8.86. The fraction of sp³-hybridized carbons (Fsp3) is 0.611. The van der Waals surface area contributed by atoms with E-state index in [2.05, 4.69) is 5.32 Å². The Kier molecular flexibility index (Phi) is 10.5. The zero-order chi connectivity index (χ0) is 18.9. The quantitative estimate of drug-likeness (QED) is 0.491. The number of nitrogens with zero attached hydrogens (tertiary/aromatic N) is 2. The second-order valence-electron chi connectivity index (χ2n) is 6.47. The Morgan fingerprint density at radius 1 is 1.41 bits per heavy atom. The Morgan fingerprint density at radius 3 is 2.70 bits per heavy atom. The van der Waals surface area contributed by atoms with Crippen LogP contribution in [0.1, 0.15) is 24.8 Å². The number of hydrogen-bond acceptors (Lipinski definition) is 6. The number of amides is 1. The monoisotopic (exact) mass is 417 g/mol. The van der Waals surface area contributed by atoms with Crippen molar-refractivity contribution in [2.24, 2.45) is 5.92 Å². The molecule has 1 amide bonds. The summed E-state index contributed by atoms with van der Waals surface area (Å²) in [6.45, 7) is 2.70. The Labute approximate surface area is 170 Å². The van der Waals surface area contributed by atoms with E-state index >= 15 is 0 Å². The molecular formula is C18H28ClN3O4S. The molecule has 0 bridgehead atoms. The van der Waals surface area contributed by atoms with Gasteiger partial charge < -0.3 is 15.0 Å². The maximum atomic E-state index is 12.3. The summed E-state index contributed by atoms with van der Waals surface area (Å²) in [7, 11) is 3.38. The van der Waals surface area contributed by atoms with Crippen molar-refractivity contribution >= 4 is 35.8 Å². The number of methoxy groups -OCH3 is 1. The molecule has 1 aromatic rings. The number of benzene rings is 1. The van der Waals surface area contributed by atoms with E-state index in [1.54, 1.807) is 12.1 Å². The van der Waals surface area contributed by atoms with Crippen LogP contribution in [0.25, 0.3) is 0 Å². The zero-order valence-corrected chi connectivity index (χ0v) is 17.4. The summed E-state index contributed by atoms with van der Waals surface area (Å²) < 4.78 is 5.00. The van der Waals surface area contributed by atoms with Crippen LogP contribution < -0.4 is 10.1 Å². The van der Waals surface area contributed by atoms with Crippen molar-refractivity contribution in [1.82, 2.24) is 10.2 Å². The molecule has 0 atom stereocenters. The molecule has 2 rings (SSSR count). The first-order chi connectivity index (χ1) is 12.5. The molecule has 1 aliphatic rings. The number of halogens is 1. The van der Waals surface area contributed by atoms with Crippen LogP contribution >= 0.6 is 24.2 Å². The summed E-state index contributed by atoms with van der Waals surface area (Å²) in [6.07, 6.45) is 3.31. The minimum absolute atomic E-state index is 0. The second kappa shape index (κ2) is 12.0. The molecule has 1 fully saturated rings. The van der Waals surface area contributed by atoms with E-state index in [-0.39, 0.29) is 29.8 Å². The standard InChI is InChI=1S/C18H27N3O4S.ClH/c1-19-8-5-14-6-9-20(10-7-14)18(22)13-26-12-15-3-4-17(25-2)16(11-15)21(23)24;/h3-4,11,14,19H,5-10,12-13H2,1-2H3;1H. The van der Waals surface area contributed by atoms with Crippen LogP contribution in [0.15, 0.2) is 18.2 Å². The Balaban J connectivity index is 0.00000364. The van der Waals surface area contributed by atoms with Gasteiger partial charge in [-0.3, -0.25) is 14.9 Å². The van der Waals surface area contributed by atoms with Gasteiger partial charge in [-0.05, 0) is 50.4 Å². The van der Waals surface area contributed by atoms with E-state index in [1.807, 2.05) is 11.9 Å². The van der Waals surface area contributed by atoms with Gasteiger partial charge in [0.1, 0.15) is 0 Å². The van der Waals surface area contributed by atoms with Gasteiger partial charge in [0.2, 0.25) is 5.91 Å². The van der Waals surface area contributed by atoms with Gasteiger partial charge in [-0.2, -0.15) is 0 Å². The maximum Gasteiger partial charge on any atom is 0.311 e. The highest BCUT2D eigenvalue weighted by molar-refractivity contribution is 7.99. The lowest BCUT2D eigenvalue weighted by molar-refractivity contribution is -0.385. The normalized spacial score (nSPS) is 14.5. The third-order valence-corrected chi connectivity index (χ3v) is 5.69. The minimum Gasteiger partial charge on any atom is -0.490 e. The first kappa shape index (κ1) is 23.5. The number of thioether (sulfide) groups is 1. The SMILES string of the molecule is CNCCC1CCN(C(=O)CSCc2ccc(OC)c([N+](=O)[O-])c2)CC1.Cl. The number of hydrogen-bond donors (Lipinski definition) is 1. The van der Waals surface area contributed by atoms with Crippen LogP contribution in [0.3, 0.4) is 0 Å². The van der Waals surface area contributed by atoms with Gasteiger partial charge in [-0.1, -0.05) is 6.07 Å². The Bertz CT molecular complexity index is 625. The number of nitro benzene ring substituents is 1. The molecule has 152 valence electrons. The second-order valence-corrected chi connectivity index (χ2v) is 7.46. The van der Waals surface area contributed by atoms with E-state index in [9.17, 15) is 14.9 Å². The van der Waals surface area contributed by atoms with E-state index in [0.29, 0.717) is 17.4 Å². The van der Waals surface area contributed by atoms with Crippen LogP contribution in [0.4, 0.5) is 5.69 Å². The van der Waals surface area contributed by atoms with Crippen molar-refractivity contribution < 1.29 is 14.5 Å². The molecule has 7 nitrogen and oxygen atoms in total. The lowest BCUT2D eigenvalue weighted by Gasteiger charge is -2.32. The van der Waals surface area contributed by atoms with Gasteiger partial charge in [0, 0.05) is 24.9 Å². The topological polar surface area (TPSA) is 84.7 Å². The molecular weight excluding hydrogens is 390 g/mol. The van der Waals surface area contributed by atoms with E-state index in [4.69, 9.17) is 4.74 Å². The van der Waals surface area contributed by atoms with E-state index < -0.39 is 4.92 Å².